The average Bonchev–Trinajstić information content (AvgIpc) is 3.14. The predicted octanol–water partition coefficient (Wildman–Crippen LogP) is 4.93. The van der Waals surface area contributed by atoms with Gasteiger partial charge in [0.15, 0.2) is 0 Å². The number of benzene rings is 2. The van der Waals surface area contributed by atoms with Crippen molar-refractivity contribution in [1.82, 2.24) is 4.57 Å². The summed E-state index contributed by atoms with van der Waals surface area (Å²) in [7, 11) is 0. The highest BCUT2D eigenvalue weighted by Crippen LogP contribution is 2.64. The highest BCUT2D eigenvalue weighted by Gasteiger charge is 2.58. The second-order valence-electron chi connectivity index (χ2n) is 7.91. The first-order valence-electron chi connectivity index (χ1n) is 8.68. The van der Waals surface area contributed by atoms with E-state index in [1.165, 1.54) is 11.9 Å². The molecule has 1 atom stereocenters. The SMILES string of the molecule is CC1(C)CC1(C)c1cccc2cc(-c3ccccc3)n(C=N)c(=N)c12. The molecule has 3 aromatic rings. The van der Waals surface area contributed by atoms with Gasteiger partial charge in [0.05, 0.1) is 12.0 Å². The van der Waals surface area contributed by atoms with Crippen LogP contribution in [0.15, 0.2) is 54.6 Å². The fourth-order valence-corrected chi connectivity index (χ4v) is 4.14. The molecule has 1 saturated carbocycles. The van der Waals surface area contributed by atoms with Gasteiger partial charge in [-0.1, -0.05) is 69.3 Å². The number of nitrogens with zero attached hydrogens (tertiary/aromatic N) is 1. The first kappa shape index (κ1) is 15.8. The predicted molar refractivity (Wildman–Crippen MR) is 103 cm³/mol. The molecule has 1 aliphatic carbocycles. The van der Waals surface area contributed by atoms with Crippen molar-refractivity contribution in [2.24, 2.45) is 5.41 Å². The largest absolute Gasteiger partial charge is 0.291 e. The second kappa shape index (κ2) is 5.16. The van der Waals surface area contributed by atoms with Crippen molar-refractivity contribution in [2.45, 2.75) is 32.6 Å². The van der Waals surface area contributed by atoms with Crippen molar-refractivity contribution in [3.8, 4) is 11.3 Å². The van der Waals surface area contributed by atoms with Crippen LogP contribution in [0.3, 0.4) is 0 Å². The lowest BCUT2D eigenvalue weighted by molar-refractivity contribution is 0.530. The molecule has 25 heavy (non-hydrogen) atoms. The normalized spacial score (nSPS) is 21.2. The number of aromatic nitrogens is 1. The molecule has 0 amide bonds. The molecule has 1 heterocycles. The van der Waals surface area contributed by atoms with E-state index >= 15 is 0 Å². The summed E-state index contributed by atoms with van der Waals surface area (Å²) in [5.41, 5.74) is 3.87. The van der Waals surface area contributed by atoms with Crippen LogP contribution in [0, 0.1) is 16.2 Å². The van der Waals surface area contributed by atoms with Gasteiger partial charge in [0.1, 0.15) is 5.49 Å². The summed E-state index contributed by atoms with van der Waals surface area (Å²) in [5.74, 6) is 0. The third kappa shape index (κ3) is 2.19. The summed E-state index contributed by atoms with van der Waals surface area (Å²) in [6, 6.07) is 18.4. The molecule has 3 nitrogen and oxygen atoms in total. The van der Waals surface area contributed by atoms with E-state index in [2.05, 4.69) is 45.0 Å². The first-order chi connectivity index (χ1) is 11.9. The van der Waals surface area contributed by atoms with Gasteiger partial charge in [0.2, 0.25) is 0 Å². The molecule has 1 fully saturated rings. The number of pyridine rings is 1. The average molecular weight is 329 g/mol. The molecule has 1 unspecified atom stereocenters. The van der Waals surface area contributed by atoms with Gasteiger partial charge in [-0.25, -0.2) is 0 Å². The smallest absolute Gasteiger partial charge is 0.138 e. The maximum atomic E-state index is 8.82. The van der Waals surface area contributed by atoms with Crippen LogP contribution in [0.2, 0.25) is 0 Å². The van der Waals surface area contributed by atoms with E-state index in [9.17, 15) is 0 Å². The molecule has 1 aromatic heterocycles. The highest BCUT2D eigenvalue weighted by molar-refractivity contribution is 5.91. The minimum Gasteiger partial charge on any atom is -0.291 e. The van der Waals surface area contributed by atoms with Crippen LogP contribution in [0.4, 0.5) is 0 Å². The number of rotatable bonds is 3. The molecule has 0 radical (unpaired) electrons. The number of fused-ring (bicyclic) bond motifs is 1. The Bertz CT molecular complexity index is 1040. The zero-order chi connectivity index (χ0) is 17.8. The van der Waals surface area contributed by atoms with Crippen LogP contribution in [-0.4, -0.2) is 10.9 Å². The van der Waals surface area contributed by atoms with Crippen LogP contribution in [-0.2, 0) is 5.41 Å². The summed E-state index contributed by atoms with van der Waals surface area (Å²) in [6.45, 7) is 6.87. The molecule has 0 saturated heterocycles. The Hall–Kier alpha value is -2.68. The molecule has 0 aliphatic heterocycles. The van der Waals surface area contributed by atoms with E-state index in [0.717, 1.165) is 28.5 Å². The van der Waals surface area contributed by atoms with Gasteiger partial charge >= 0.3 is 0 Å². The fraction of sp³-hybridized carbons (Fsp3) is 0.273. The van der Waals surface area contributed by atoms with Gasteiger partial charge in [-0.3, -0.25) is 15.4 Å². The second-order valence-corrected chi connectivity index (χ2v) is 7.91. The van der Waals surface area contributed by atoms with Gasteiger partial charge in [-0.05, 0) is 39.8 Å². The Morgan fingerprint density at radius 1 is 1.00 bits per heavy atom. The van der Waals surface area contributed by atoms with Crippen LogP contribution in [0.1, 0.15) is 32.8 Å². The topological polar surface area (TPSA) is 52.6 Å². The van der Waals surface area contributed by atoms with E-state index in [-0.39, 0.29) is 10.8 Å². The van der Waals surface area contributed by atoms with Crippen molar-refractivity contribution in [3.05, 3.63) is 65.6 Å². The third-order valence-electron chi connectivity index (χ3n) is 6.08. The minimum atomic E-state index is 0.0937. The van der Waals surface area contributed by atoms with Crippen LogP contribution in [0.5, 0.6) is 0 Å². The molecule has 2 aromatic carbocycles. The Balaban J connectivity index is 2.06. The monoisotopic (exact) mass is 329 g/mol. The van der Waals surface area contributed by atoms with E-state index in [0.29, 0.717) is 5.49 Å². The quantitative estimate of drug-likeness (QED) is 0.506. The number of hydrogen-bond donors (Lipinski definition) is 2. The molecular weight excluding hydrogens is 306 g/mol. The van der Waals surface area contributed by atoms with Gasteiger partial charge < -0.3 is 0 Å². The van der Waals surface area contributed by atoms with Crippen molar-refractivity contribution in [1.29, 1.82) is 10.8 Å². The minimum absolute atomic E-state index is 0.0937. The Morgan fingerprint density at radius 3 is 2.28 bits per heavy atom. The zero-order valence-electron chi connectivity index (χ0n) is 14.9. The van der Waals surface area contributed by atoms with Gasteiger partial charge in [0, 0.05) is 5.39 Å². The summed E-state index contributed by atoms with van der Waals surface area (Å²) < 4.78 is 1.68. The maximum Gasteiger partial charge on any atom is 0.138 e. The highest BCUT2D eigenvalue weighted by atomic mass is 15.0. The van der Waals surface area contributed by atoms with Crippen LogP contribution >= 0.6 is 0 Å². The molecule has 4 rings (SSSR count). The molecule has 126 valence electrons. The lowest BCUT2D eigenvalue weighted by Gasteiger charge is -2.20. The van der Waals surface area contributed by atoms with Gasteiger partial charge in [-0.2, -0.15) is 0 Å². The fourth-order valence-electron chi connectivity index (χ4n) is 4.14. The van der Waals surface area contributed by atoms with E-state index < -0.39 is 0 Å². The molecular formula is C22H23N3. The van der Waals surface area contributed by atoms with Crippen LogP contribution in [0.25, 0.3) is 22.0 Å². The number of hydrogen-bond acceptors (Lipinski definition) is 2. The molecule has 0 bridgehead atoms. The van der Waals surface area contributed by atoms with E-state index in [1.807, 2.05) is 30.3 Å². The summed E-state index contributed by atoms with van der Waals surface area (Å²) in [4.78, 5) is 0. The van der Waals surface area contributed by atoms with Crippen LogP contribution < -0.4 is 5.49 Å². The number of nitrogens with one attached hydrogen (secondary N) is 2. The van der Waals surface area contributed by atoms with Crippen molar-refractivity contribution in [2.75, 3.05) is 0 Å². The molecule has 1 aliphatic rings. The van der Waals surface area contributed by atoms with Gasteiger partial charge in [0.25, 0.3) is 0 Å². The molecule has 2 N–H and O–H groups in total. The van der Waals surface area contributed by atoms with Crippen molar-refractivity contribution in [3.63, 3.8) is 0 Å². The van der Waals surface area contributed by atoms with Gasteiger partial charge in [-0.15, -0.1) is 0 Å². The summed E-state index contributed by atoms with van der Waals surface area (Å²) >= 11 is 0. The molecule has 3 heteroatoms. The first-order valence-corrected chi connectivity index (χ1v) is 8.68. The van der Waals surface area contributed by atoms with E-state index in [4.69, 9.17) is 10.8 Å². The Kier molecular flexibility index (Phi) is 3.26. The molecule has 0 spiro atoms. The summed E-state index contributed by atoms with van der Waals surface area (Å²) in [6.07, 6.45) is 2.38. The lowest BCUT2D eigenvalue weighted by Crippen LogP contribution is -2.24. The maximum absolute atomic E-state index is 8.82. The van der Waals surface area contributed by atoms with E-state index in [1.54, 1.807) is 4.57 Å². The van der Waals surface area contributed by atoms with Crippen molar-refractivity contribution < 1.29 is 0 Å². The Labute approximate surface area is 148 Å². The summed E-state index contributed by atoms with van der Waals surface area (Å²) in [5, 5.41) is 18.8. The Morgan fingerprint density at radius 2 is 1.68 bits per heavy atom. The lowest BCUT2D eigenvalue weighted by atomic mass is 9.86. The zero-order valence-corrected chi connectivity index (χ0v) is 14.9. The van der Waals surface area contributed by atoms with Crippen molar-refractivity contribution >= 4 is 17.1 Å². The third-order valence-corrected chi connectivity index (χ3v) is 6.08. The standard InChI is InChI=1S/C22H23N3/c1-21(2)13-22(21,3)17-11-7-10-16-12-18(15-8-5-4-6-9-15)25(14-23)20(24)19(16)17/h4-12,14,23-24H,13H2,1-3H3.